The fourth-order valence-electron chi connectivity index (χ4n) is 0. The topological polar surface area (TPSA) is 85.3 Å². The second-order valence-electron chi connectivity index (χ2n) is 0.833. The third-order valence-electron chi connectivity index (χ3n) is 0. The Labute approximate surface area is 33.3 Å². The summed E-state index contributed by atoms with van der Waals surface area (Å²) < 4.78 is 43.3. The number of hydrogen-bond donors (Lipinski definition) is 0. The fraction of sp³-hybridized carbons (Fsp3) is 0. The summed E-state index contributed by atoms with van der Waals surface area (Å²) in [6.07, 6.45) is 0. The molecule has 0 saturated heterocycles. The van der Waals surface area contributed by atoms with Gasteiger partial charge in [0, 0.05) is 0 Å². The average Bonchev–Trinajstić information content (AvgIpc) is 0.650. The van der Waals surface area contributed by atoms with Crippen LogP contribution < -0.4 is 0 Å². The van der Waals surface area contributed by atoms with Crippen molar-refractivity contribution in [2.45, 2.75) is 0 Å². The van der Waals surface area contributed by atoms with Crippen molar-refractivity contribution < 1.29 is 32.9 Å². The van der Waals surface area contributed by atoms with Gasteiger partial charge in [0.1, 0.15) is 0 Å². The van der Waals surface area contributed by atoms with E-state index in [4.69, 9.17) is 14.1 Å². The average molecular weight is 171 g/mol. The zero-order valence-corrected chi connectivity index (χ0v) is 5.00. The molecule has 0 aliphatic heterocycles. The molecule has 0 fully saturated rings. The second-order valence-corrected chi connectivity index (χ2v) is 4.93. The van der Waals surface area contributed by atoms with Crippen molar-refractivity contribution in [3.8, 4) is 0 Å². The summed E-state index contributed by atoms with van der Waals surface area (Å²) in [7, 11) is 0. The predicted octanol–water partition coefficient (Wildman–Crippen LogP) is -0.597. The minimum absolute atomic E-state index is 8.01. The summed E-state index contributed by atoms with van der Waals surface area (Å²) in [5.74, 6) is 0. The molecule has 0 aromatic rings. The molecule has 0 aliphatic rings. The van der Waals surface area contributed by atoms with E-state index in [1.807, 2.05) is 0 Å². The van der Waals surface area contributed by atoms with Crippen LogP contribution in [0.2, 0.25) is 0 Å². The molecule has 0 aromatic heterocycles. The van der Waals surface area contributed by atoms with E-state index in [0.717, 1.165) is 0 Å². The van der Waals surface area contributed by atoms with Crippen LogP contribution in [0.3, 0.4) is 0 Å². The van der Waals surface area contributed by atoms with Gasteiger partial charge in [0.25, 0.3) is 0 Å². The van der Waals surface area contributed by atoms with Crippen molar-refractivity contribution in [1.29, 1.82) is 0 Å². The third-order valence-corrected chi connectivity index (χ3v) is 0. The molecule has 0 rings (SSSR count). The van der Waals surface area contributed by atoms with Crippen molar-refractivity contribution in [2.24, 2.45) is 0 Å². The number of rotatable bonds is 0. The van der Waals surface area contributed by atoms with Gasteiger partial charge in [0.05, 0.1) is 0 Å². The molecule has 0 radical (unpaired) electrons. The van der Waals surface area contributed by atoms with Gasteiger partial charge in [-0.05, 0) is 0 Å². The predicted molar refractivity (Wildman–Crippen MR) is 3.43 cm³/mol. The molecular weight excluding hydrogens is 171 g/mol. The third kappa shape index (κ3) is 2360. The van der Waals surface area contributed by atoms with Crippen LogP contribution in [0.5, 0.6) is 0 Å². The molecular formula is O5Zr. The van der Waals surface area contributed by atoms with Crippen molar-refractivity contribution in [1.82, 2.24) is 0 Å². The Morgan fingerprint density at radius 1 is 0.667 bits per heavy atom. The van der Waals surface area contributed by atoms with Crippen LogP contribution in [-0.2, 0) is 32.9 Å². The molecule has 0 saturated carbocycles. The second kappa shape index (κ2) is 0.754. The van der Waals surface area contributed by atoms with Crippen LogP contribution in [0.25, 0.3) is 0 Å². The van der Waals surface area contributed by atoms with Crippen LogP contribution in [0, 0.1) is 0 Å². The molecule has 0 heterocycles. The maximum atomic E-state index is 8.67. The molecule has 5 nitrogen and oxygen atoms in total. The van der Waals surface area contributed by atoms with E-state index in [-0.39, 0.29) is 0 Å². The molecule has 0 atom stereocenters. The van der Waals surface area contributed by atoms with E-state index in [2.05, 4.69) is 0 Å². The maximum absolute atomic E-state index is 8.67. The molecule has 0 unspecified atom stereocenters. The van der Waals surface area contributed by atoms with Gasteiger partial charge in [-0.3, -0.25) is 0 Å². The molecule has 0 bridgehead atoms. The molecule has 6 heavy (non-hydrogen) atoms. The summed E-state index contributed by atoms with van der Waals surface area (Å²) in [4.78, 5) is 0. The zero-order valence-electron chi connectivity index (χ0n) is 2.54. The van der Waals surface area contributed by atoms with Gasteiger partial charge >= 0.3 is 32.9 Å². The Hall–Kier alpha value is -0.117. The van der Waals surface area contributed by atoms with Gasteiger partial charge in [-0.1, -0.05) is 0 Å². The van der Waals surface area contributed by atoms with Crippen molar-refractivity contribution in [3.63, 3.8) is 0 Å². The van der Waals surface area contributed by atoms with E-state index in [9.17, 15) is 0 Å². The first-order chi connectivity index (χ1) is 2.24. The summed E-state index contributed by atoms with van der Waals surface area (Å²) in [6, 6.07) is 0. The Morgan fingerprint density at radius 2 is 0.667 bits per heavy atom. The summed E-state index contributed by atoms with van der Waals surface area (Å²) >= 11 is -8.01. The Balaban J connectivity index is 7.45. The molecule has 0 aromatic carbocycles. The van der Waals surface area contributed by atoms with Crippen LogP contribution in [-0.4, -0.2) is 0 Å². The molecule has 0 spiro atoms. The van der Waals surface area contributed by atoms with Crippen molar-refractivity contribution >= 4 is 0 Å². The van der Waals surface area contributed by atoms with Crippen LogP contribution in [0.15, 0.2) is 0 Å². The van der Waals surface area contributed by atoms with E-state index < -0.39 is 18.8 Å². The standard InChI is InChI=1S/5O.Zr. The van der Waals surface area contributed by atoms with Crippen LogP contribution in [0.4, 0.5) is 0 Å². The van der Waals surface area contributed by atoms with Gasteiger partial charge in [-0.2, -0.15) is 0 Å². The fourth-order valence-corrected chi connectivity index (χ4v) is 0. The minimum atomic E-state index is -8.01. The van der Waals surface area contributed by atoms with Crippen LogP contribution >= 0.6 is 0 Å². The molecule has 6 heteroatoms. The zero-order chi connectivity index (χ0) is 5.45. The van der Waals surface area contributed by atoms with Crippen molar-refractivity contribution in [2.75, 3.05) is 0 Å². The quantitative estimate of drug-likeness (QED) is 0.486. The van der Waals surface area contributed by atoms with Crippen molar-refractivity contribution in [3.05, 3.63) is 0 Å². The van der Waals surface area contributed by atoms with Gasteiger partial charge in [-0.15, -0.1) is 0 Å². The van der Waals surface area contributed by atoms with Gasteiger partial charge in [-0.25, -0.2) is 0 Å². The molecule has 34 valence electrons. The molecule has 0 aliphatic carbocycles. The summed E-state index contributed by atoms with van der Waals surface area (Å²) in [6.45, 7) is 0. The normalized spacial score (nSPS) is 5.83. The Bertz CT molecular complexity index is 274. The monoisotopic (exact) mass is 170 g/mol. The summed E-state index contributed by atoms with van der Waals surface area (Å²) in [5.41, 5.74) is 0. The van der Waals surface area contributed by atoms with Gasteiger partial charge < -0.3 is 0 Å². The van der Waals surface area contributed by atoms with Gasteiger partial charge in [0.15, 0.2) is 0 Å². The first-order valence-electron chi connectivity index (χ1n) is 1.02. The van der Waals surface area contributed by atoms with Crippen LogP contribution in [0.1, 0.15) is 0 Å². The first-order valence-corrected chi connectivity index (χ1v) is 6.04. The van der Waals surface area contributed by atoms with Gasteiger partial charge in [0.2, 0.25) is 0 Å². The Kier molecular flexibility index (Phi) is 0.739. The van der Waals surface area contributed by atoms with E-state index in [0.29, 0.717) is 0 Å². The number of hydrogen-bond acceptors (Lipinski definition) is 5. The molecule has 0 amide bonds. The summed E-state index contributed by atoms with van der Waals surface area (Å²) in [5, 5.41) is 0. The first kappa shape index (κ1) is 5.88. The SMILES string of the molecule is [O]=[Zr](=[O])(=[O])(=[O])=[O]. The molecule has 0 N–H and O–H groups in total. The van der Waals surface area contributed by atoms with E-state index >= 15 is 0 Å². The van der Waals surface area contributed by atoms with E-state index in [1.54, 1.807) is 0 Å². The van der Waals surface area contributed by atoms with E-state index in [1.165, 1.54) is 0 Å². The Morgan fingerprint density at radius 3 is 0.667 bits per heavy atom.